The fourth-order valence-electron chi connectivity index (χ4n) is 3.60. The van der Waals surface area contributed by atoms with Gasteiger partial charge >= 0.3 is 5.97 Å². The molecule has 1 atom stereocenters. The molecule has 0 radical (unpaired) electrons. The van der Waals surface area contributed by atoms with E-state index in [0.717, 1.165) is 4.47 Å². The highest BCUT2D eigenvalue weighted by Gasteiger charge is 2.47. The van der Waals surface area contributed by atoms with E-state index in [0.29, 0.717) is 11.1 Å². The van der Waals surface area contributed by atoms with Gasteiger partial charge < -0.3 is 10.2 Å². The Hall–Kier alpha value is -3.71. The van der Waals surface area contributed by atoms with E-state index in [4.69, 9.17) is 0 Å². The number of aliphatic hydroxyl groups excluding tert-OH is 1. The highest BCUT2D eigenvalue weighted by atomic mass is 79.9. The molecule has 0 aromatic heterocycles. The maximum atomic E-state index is 13.1. The third kappa shape index (κ3) is 3.75. The van der Waals surface area contributed by atoms with Crippen LogP contribution in [0.5, 0.6) is 0 Å². The maximum Gasteiger partial charge on any atom is 0.335 e. The minimum Gasteiger partial charge on any atom is -0.507 e. The second-order valence-electron chi connectivity index (χ2n) is 6.94. The lowest BCUT2D eigenvalue weighted by Gasteiger charge is -2.25. The molecule has 31 heavy (non-hydrogen) atoms. The molecule has 1 amide bonds. The minimum atomic E-state index is -1.15. The average Bonchev–Trinajstić information content (AvgIpc) is 3.05. The van der Waals surface area contributed by atoms with Gasteiger partial charge in [-0.25, -0.2) is 4.79 Å². The molecule has 0 unspecified atom stereocenters. The van der Waals surface area contributed by atoms with Gasteiger partial charge in [0.1, 0.15) is 5.76 Å². The van der Waals surface area contributed by atoms with Gasteiger partial charge in [0.15, 0.2) is 0 Å². The molecule has 7 heteroatoms. The first kappa shape index (κ1) is 20.6. The lowest BCUT2D eigenvalue weighted by atomic mass is 9.95. The lowest BCUT2D eigenvalue weighted by Crippen LogP contribution is -2.29. The number of amides is 1. The van der Waals surface area contributed by atoms with E-state index >= 15 is 0 Å². The van der Waals surface area contributed by atoms with Crippen molar-refractivity contribution in [3.63, 3.8) is 0 Å². The largest absolute Gasteiger partial charge is 0.507 e. The normalized spacial score (nSPS) is 17.7. The topological polar surface area (TPSA) is 94.9 Å². The quantitative estimate of drug-likeness (QED) is 0.320. The zero-order valence-electron chi connectivity index (χ0n) is 16.0. The number of nitrogens with zero attached hydrogens (tertiary/aromatic N) is 1. The van der Waals surface area contributed by atoms with Crippen molar-refractivity contribution in [1.29, 1.82) is 0 Å². The van der Waals surface area contributed by atoms with Crippen LogP contribution in [0.3, 0.4) is 0 Å². The number of halogens is 1. The standard InChI is InChI=1S/C24H16BrNO5/c25-17-11-9-14(10-12-17)20-19(21(27)15-5-2-1-3-6-15)22(28)23(29)26(20)18-8-4-7-16(13-18)24(30)31/h1-13,20,27H,(H,30,31)/b21-19+/t20-/m0/s1. The summed E-state index contributed by atoms with van der Waals surface area (Å²) in [6.07, 6.45) is 0. The van der Waals surface area contributed by atoms with Gasteiger partial charge in [-0.1, -0.05) is 64.5 Å². The fourth-order valence-corrected chi connectivity index (χ4v) is 3.86. The summed E-state index contributed by atoms with van der Waals surface area (Å²) in [6.45, 7) is 0. The molecule has 3 aromatic rings. The summed E-state index contributed by atoms with van der Waals surface area (Å²) in [5.41, 5.74) is 1.18. The van der Waals surface area contributed by atoms with Gasteiger partial charge in [0.2, 0.25) is 0 Å². The van der Waals surface area contributed by atoms with Crippen LogP contribution in [-0.4, -0.2) is 27.9 Å². The van der Waals surface area contributed by atoms with Crippen LogP contribution < -0.4 is 4.90 Å². The molecule has 3 aromatic carbocycles. The lowest BCUT2D eigenvalue weighted by molar-refractivity contribution is -0.132. The number of anilines is 1. The van der Waals surface area contributed by atoms with Crippen LogP contribution in [0.4, 0.5) is 5.69 Å². The number of rotatable bonds is 4. The number of carbonyl (C=O) groups is 3. The number of carboxylic acids is 1. The number of hydrogen-bond donors (Lipinski definition) is 2. The van der Waals surface area contributed by atoms with Gasteiger partial charge in [0.25, 0.3) is 11.7 Å². The summed E-state index contributed by atoms with van der Waals surface area (Å²) in [5, 5.41) is 20.3. The zero-order valence-corrected chi connectivity index (χ0v) is 17.6. The van der Waals surface area contributed by atoms with Crippen LogP contribution in [0.15, 0.2) is 88.9 Å². The first-order valence-electron chi connectivity index (χ1n) is 9.33. The van der Waals surface area contributed by atoms with Crippen molar-refractivity contribution in [1.82, 2.24) is 0 Å². The van der Waals surface area contributed by atoms with Crippen molar-refractivity contribution in [3.05, 3.63) is 106 Å². The Labute approximate surface area is 186 Å². The van der Waals surface area contributed by atoms with Crippen LogP contribution in [0.2, 0.25) is 0 Å². The van der Waals surface area contributed by atoms with E-state index in [1.165, 1.54) is 23.1 Å². The second-order valence-corrected chi connectivity index (χ2v) is 7.86. The number of benzene rings is 3. The minimum absolute atomic E-state index is 0.0167. The predicted octanol–water partition coefficient (Wildman–Crippen LogP) is 4.77. The third-order valence-corrected chi connectivity index (χ3v) is 5.58. The zero-order chi connectivity index (χ0) is 22.1. The number of ketones is 1. The van der Waals surface area contributed by atoms with Gasteiger partial charge in [-0.2, -0.15) is 0 Å². The Bertz CT molecular complexity index is 1220. The third-order valence-electron chi connectivity index (χ3n) is 5.05. The molecule has 0 aliphatic carbocycles. The molecule has 154 valence electrons. The summed E-state index contributed by atoms with van der Waals surface area (Å²) in [6, 6.07) is 20.4. The fraction of sp³-hybridized carbons (Fsp3) is 0.0417. The molecule has 2 N–H and O–H groups in total. The van der Waals surface area contributed by atoms with E-state index in [9.17, 15) is 24.6 Å². The Balaban J connectivity index is 1.95. The van der Waals surface area contributed by atoms with Crippen molar-refractivity contribution in [2.45, 2.75) is 6.04 Å². The molecule has 0 spiro atoms. The SMILES string of the molecule is O=C1C(=O)N(c2cccc(C(=O)O)c2)[C@@H](c2ccc(Br)cc2)/C1=C(\O)c1ccccc1. The molecule has 1 saturated heterocycles. The summed E-state index contributed by atoms with van der Waals surface area (Å²) >= 11 is 3.37. The Kier molecular flexibility index (Phi) is 5.44. The van der Waals surface area contributed by atoms with Gasteiger partial charge in [-0.3, -0.25) is 14.5 Å². The van der Waals surface area contributed by atoms with Crippen LogP contribution in [-0.2, 0) is 9.59 Å². The number of aromatic carboxylic acids is 1. The molecule has 1 fully saturated rings. The first-order valence-corrected chi connectivity index (χ1v) is 10.1. The Morgan fingerprint density at radius 3 is 2.13 bits per heavy atom. The van der Waals surface area contributed by atoms with Crippen molar-refractivity contribution >= 4 is 45.0 Å². The highest BCUT2D eigenvalue weighted by Crippen LogP contribution is 2.42. The second kappa shape index (κ2) is 8.20. The molecular formula is C24H16BrNO5. The number of aliphatic hydroxyl groups is 1. The summed E-state index contributed by atoms with van der Waals surface area (Å²) in [7, 11) is 0. The van der Waals surface area contributed by atoms with E-state index in [-0.39, 0.29) is 22.6 Å². The molecule has 0 bridgehead atoms. The Morgan fingerprint density at radius 1 is 0.839 bits per heavy atom. The van der Waals surface area contributed by atoms with Crippen LogP contribution >= 0.6 is 15.9 Å². The van der Waals surface area contributed by atoms with Crippen molar-refractivity contribution in [3.8, 4) is 0 Å². The van der Waals surface area contributed by atoms with Crippen molar-refractivity contribution in [2.24, 2.45) is 0 Å². The number of carbonyl (C=O) groups excluding carboxylic acids is 2. The summed E-state index contributed by atoms with van der Waals surface area (Å²) in [5.74, 6) is -3.12. The highest BCUT2D eigenvalue weighted by molar-refractivity contribution is 9.10. The van der Waals surface area contributed by atoms with Crippen LogP contribution in [0, 0.1) is 0 Å². The molecule has 0 saturated carbocycles. The van der Waals surface area contributed by atoms with E-state index in [1.807, 2.05) is 0 Å². The molecule has 1 heterocycles. The van der Waals surface area contributed by atoms with E-state index < -0.39 is 23.7 Å². The van der Waals surface area contributed by atoms with E-state index in [2.05, 4.69) is 15.9 Å². The van der Waals surface area contributed by atoms with Crippen molar-refractivity contribution < 1.29 is 24.6 Å². The number of carboxylic acid groups (broad SMARTS) is 1. The number of Topliss-reactive ketones (excluding diaryl/α,β-unsaturated/α-hetero) is 1. The van der Waals surface area contributed by atoms with E-state index in [1.54, 1.807) is 60.7 Å². The Morgan fingerprint density at radius 2 is 1.48 bits per heavy atom. The molecular weight excluding hydrogens is 462 g/mol. The van der Waals surface area contributed by atoms with Gasteiger partial charge in [-0.05, 0) is 35.9 Å². The smallest absolute Gasteiger partial charge is 0.335 e. The van der Waals surface area contributed by atoms with Crippen LogP contribution in [0.1, 0.15) is 27.5 Å². The summed E-state index contributed by atoms with van der Waals surface area (Å²) < 4.78 is 0.809. The molecule has 1 aliphatic heterocycles. The summed E-state index contributed by atoms with van der Waals surface area (Å²) in [4.78, 5) is 38.8. The number of hydrogen-bond acceptors (Lipinski definition) is 4. The maximum absolute atomic E-state index is 13.1. The predicted molar refractivity (Wildman–Crippen MR) is 119 cm³/mol. The first-order chi connectivity index (χ1) is 14.9. The van der Waals surface area contributed by atoms with Crippen LogP contribution in [0.25, 0.3) is 5.76 Å². The molecule has 6 nitrogen and oxygen atoms in total. The van der Waals surface area contributed by atoms with Crippen molar-refractivity contribution in [2.75, 3.05) is 4.90 Å². The van der Waals surface area contributed by atoms with Gasteiger partial charge in [0.05, 0.1) is 17.2 Å². The average molecular weight is 478 g/mol. The molecule has 4 rings (SSSR count). The van der Waals surface area contributed by atoms with Gasteiger partial charge in [0, 0.05) is 15.7 Å². The monoisotopic (exact) mass is 477 g/mol. The molecule has 1 aliphatic rings. The van der Waals surface area contributed by atoms with Gasteiger partial charge in [-0.15, -0.1) is 0 Å².